The molecule has 1 heterocycles. The van der Waals surface area contributed by atoms with Crippen LogP contribution in [0.15, 0.2) is 22.7 Å². The maximum absolute atomic E-state index is 11.5. The second-order valence-electron chi connectivity index (χ2n) is 7.20. The summed E-state index contributed by atoms with van der Waals surface area (Å²) in [5.41, 5.74) is 2.38. The lowest BCUT2D eigenvalue weighted by Crippen LogP contribution is -2.26. The van der Waals surface area contributed by atoms with Gasteiger partial charge in [0, 0.05) is 23.1 Å². The number of carbonyl (C=O) groups is 1. The van der Waals surface area contributed by atoms with Crippen LogP contribution in [-0.2, 0) is 0 Å². The first-order valence-corrected chi connectivity index (χ1v) is 8.64. The summed E-state index contributed by atoms with van der Waals surface area (Å²) in [6.07, 6.45) is 3.79. The average molecular weight is 352 g/mol. The lowest BCUT2D eigenvalue weighted by molar-refractivity contribution is 0.101. The zero-order valence-electron chi connectivity index (χ0n) is 13.6. The molecular formula is C18H26BrNO. The third-order valence-electron chi connectivity index (χ3n) is 4.65. The second-order valence-corrected chi connectivity index (χ2v) is 8.06. The third-order valence-corrected chi connectivity index (χ3v) is 5.28. The molecule has 1 aromatic carbocycles. The molecule has 0 aliphatic carbocycles. The molecule has 0 amide bonds. The fourth-order valence-corrected chi connectivity index (χ4v) is 3.82. The van der Waals surface area contributed by atoms with E-state index in [0.717, 1.165) is 29.0 Å². The van der Waals surface area contributed by atoms with E-state index in [9.17, 15) is 4.79 Å². The van der Waals surface area contributed by atoms with Gasteiger partial charge in [-0.15, -0.1) is 0 Å². The summed E-state index contributed by atoms with van der Waals surface area (Å²) in [7, 11) is 0. The van der Waals surface area contributed by atoms with Crippen LogP contribution < -0.4 is 4.90 Å². The van der Waals surface area contributed by atoms with Crippen LogP contribution >= 0.6 is 15.9 Å². The van der Waals surface area contributed by atoms with Crippen molar-refractivity contribution in [3.8, 4) is 0 Å². The van der Waals surface area contributed by atoms with Gasteiger partial charge in [-0.25, -0.2) is 0 Å². The Bertz CT molecular complexity index is 518. The minimum Gasteiger partial charge on any atom is -0.371 e. The summed E-state index contributed by atoms with van der Waals surface area (Å²) in [5.74, 6) is 0.906. The molecule has 2 rings (SSSR count). The monoisotopic (exact) mass is 351 g/mol. The van der Waals surface area contributed by atoms with Crippen molar-refractivity contribution in [3.05, 3.63) is 28.2 Å². The summed E-state index contributed by atoms with van der Waals surface area (Å²) in [4.78, 5) is 13.9. The van der Waals surface area contributed by atoms with Gasteiger partial charge in [0.25, 0.3) is 0 Å². The molecule has 1 aromatic rings. The zero-order chi connectivity index (χ0) is 15.6. The van der Waals surface area contributed by atoms with Gasteiger partial charge in [0.1, 0.15) is 0 Å². The van der Waals surface area contributed by atoms with Crippen LogP contribution in [0.25, 0.3) is 0 Å². The van der Waals surface area contributed by atoms with E-state index in [4.69, 9.17) is 0 Å². The Morgan fingerprint density at radius 1 is 1.24 bits per heavy atom. The molecule has 1 saturated heterocycles. The number of anilines is 1. The van der Waals surface area contributed by atoms with Crippen molar-refractivity contribution < 1.29 is 4.79 Å². The Hall–Kier alpha value is -0.830. The Morgan fingerprint density at radius 3 is 2.52 bits per heavy atom. The van der Waals surface area contributed by atoms with E-state index in [-0.39, 0.29) is 5.78 Å². The molecule has 0 spiro atoms. The van der Waals surface area contributed by atoms with Gasteiger partial charge < -0.3 is 4.90 Å². The molecule has 21 heavy (non-hydrogen) atoms. The van der Waals surface area contributed by atoms with Gasteiger partial charge in [-0.1, -0.05) is 20.8 Å². The molecule has 0 N–H and O–H groups in total. The molecule has 2 nitrogen and oxygen atoms in total. The minimum absolute atomic E-state index is 0.117. The number of halogens is 1. The standard InChI is InChI=1S/C18H26BrNO/c1-13(21)14-7-8-17(16(19)12-14)20-10-5-6-15(9-11-20)18(2,3)4/h7-8,12,15H,5-6,9-11H2,1-4H3. The van der Waals surface area contributed by atoms with Gasteiger partial charge >= 0.3 is 0 Å². The van der Waals surface area contributed by atoms with Crippen molar-refractivity contribution in [2.75, 3.05) is 18.0 Å². The van der Waals surface area contributed by atoms with Gasteiger partial charge in [-0.3, -0.25) is 4.79 Å². The number of rotatable bonds is 2. The van der Waals surface area contributed by atoms with E-state index in [1.807, 2.05) is 12.1 Å². The summed E-state index contributed by atoms with van der Waals surface area (Å²) < 4.78 is 1.03. The van der Waals surface area contributed by atoms with Crippen LogP contribution in [-0.4, -0.2) is 18.9 Å². The van der Waals surface area contributed by atoms with E-state index in [0.29, 0.717) is 5.41 Å². The summed E-state index contributed by atoms with van der Waals surface area (Å²) in [5, 5.41) is 0. The van der Waals surface area contributed by atoms with Gasteiger partial charge in [0.2, 0.25) is 0 Å². The number of carbonyl (C=O) groups excluding carboxylic acids is 1. The molecule has 1 aliphatic rings. The van der Waals surface area contributed by atoms with Crippen molar-refractivity contribution in [3.63, 3.8) is 0 Å². The number of hydrogen-bond donors (Lipinski definition) is 0. The molecule has 0 saturated carbocycles. The first kappa shape index (κ1) is 16.5. The van der Waals surface area contributed by atoms with E-state index in [1.54, 1.807) is 6.92 Å². The van der Waals surface area contributed by atoms with Crippen molar-refractivity contribution >= 4 is 27.4 Å². The third kappa shape index (κ3) is 4.09. The predicted molar refractivity (Wildman–Crippen MR) is 93.2 cm³/mol. The SMILES string of the molecule is CC(=O)c1ccc(N2CCCC(C(C)(C)C)CC2)c(Br)c1. The van der Waals surface area contributed by atoms with E-state index < -0.39 is 0 Å². The molecule has 116 valence electrons. The molecule has 1 fully saturated rings. The van der Waals surface area contributed by atoms with Gasteiger partial charge in [0.15, 0.2) is 5.78 Å². The van der Waals surface area contributed by atoms with Crippen LogP contribution in [0, 0.1) is 11.3 Å². The van der Waals surface area contributed by atoms with Crippen molar-refractivity contribution in [1.82, 2.24) is 0 Å². The van der Waals surface area contributed by atoms with Crippen LogP contribution in [0.5, 0.6) is 0 Å². The van der Waals surface area contributed by atoms with Gasteiger partial charge in [0.05, 0.1) is 5.69 Å². The highest BCUT2D eigenvalue weighted by molar-refractivity contribution is 9.10. The molecule has 3 heteroatoms. The number of benzene rings is 1. The first-order valence-electron chi connectivity index (χ1n) is 7.84. The summed E-state index contributed by atoms with van der Waals surface area (Å²) in [6.45, 7) is 10.9. The average Bonchev–Trinajstić information content (AvgIpc) is 2.63. The Kier molecular flexibility index (Phi) is 5.13. The van der Waals surface area contributed by atoms with E-state index in [1.165, 1.54) is 24.9 Å². The van der Waals surface area contributed by atoms with Crippen LogP contribution in [0.1, 0.15) is 57.3 Å². The molecule has 0 radical (unpaired) electrons. The maximum atomic E-state index is 11.5. The Labute approximate surface area is 137 Å². The lowest BCUT2D eigenvalue weighted by atomic mass is 9.77. The second kappa shape index (κ2) is 6.51. The molecule has 1 unspecified atom stereocenters. The van der Waals surface area contributed by atoms with Crippen LogP contribution in [0.3, 0.4) is 0 Å². The van der Waals surface area contributed by atoms with E-state index >= 15 is 0 Å². The Balaban J connectivity index is 2.14. The fourth-order valence-electron chi connectivity index (χ4n) is 3.19. The highest BCUT2D eigenvalue weighted by Gasteiger charge is 2.27. The maximum Gasteiger partial charge on any atom is 0.159 e. The molecule has 0 aromatic heterocycles. The number of Topliss-reactive ketones (excluding diaryl/α,β-unsaturated/α-hetero) is 1. The van der Waals surface area contributed by atoms with Crippen molar-refractivity contribution in [2.45, 2.75) is 47.0 Å². The smallest absolute Gasteiger partial charge is 0.159 e. The van der Waals surface area contributed by atoms with Crippen LogP contribution in [0.4, 0.5) is 5.69 Å². The topological polar surface area (TPSA) is 20.3 Å². The number of hydrogen-bond acceptors (Lipinski definition) is 2. The van der Waals surface area contributed by atoms with Gasteiger partial charge in [-0.05, 0) is 71.6 Å². The molecule has 1 atom stereocenters. The number of ketones is 1. The van der Waals surface area contributed by atoms with Crippen molar-refractivity contribution in [2.24, 2.45) is 11.3 Å². The Morgan fingerprint density at radius 2 is 1.95 bits per heavy atom. The highest BCUT2D eigenvalue weighted by atomic mass is 79.9. The summed E-state index contributed by atoms with van der Waals surface area (Å²) in [6, 6.07) is 5.97. The molecule has 1 aliphatic heterocycles. The van der Waals surface area contributed by atoms with Gasteiger partial charge in [-0.2, -0.15) is 0 Å². The molecular weight excluding hydrogens is 326 g/mol. The summed E-state index contributed by atoms with van der Waals surface area (Å²) >= 11 is 3.64. The first-order chi connectivity index (χ1) is 9.79. The quantitative estimate of drug-likeness (QED) is 0.673. The minimum atomic E-state index is 0.117. The number of nitrogens with zero attached hydrogens (tertiary/aromatic N) is 1. The largest absolute Gasteiger partial charge is 0.371 e. The van der Waals surface area contributed by atoms with E-state index in [2.05, 4.69) is 47.7 Å². The van der Waals surface area contributed by atoms with Crippen molar-refractivity contribution in [1.29, 1.82) is 0 Å². The molecule has 0 bridgehead atoms. The zero-order valence-corrected chi connectivity index (χ0v) is 15.2. The normalized spacial score (nSPS) is 20.2. The highest BCUT2D eigenvalue weighted by Crippen LogP contribution is 2.36. The fraction of sp³-hybridized carbons (Fsp3) is 0.611. The van der Waals surface area contributed by atoms with Crippen LogP contribution in [0.2, 0.25) is 0 Å². The lowest BCUT2D eigenvalue weighted by Gasteiger charge is -2.30. The predicted octanol–water partition coefficient (Wildman–Crippen LogP) is 5.30.